The van der Waals surface area contributed by atoms with Crippen molar-refractivity contribution < 1.29 is 4.79 Å². The average Bonchev–Trinajstić information content (AvgIpc) is 2.83. The zero-order valence-corrected chi connectivity index (χ0v) is 11.5. The summed E-state index contributed by atoms with van der Waals surface area (Å²) in [5.74, 6) is 0.0201. The van der Waals surface area contributed by atoms with E-state index in [-0.39, 0.29) is 11.8 Å². The van der Waals surface area contributed by atoms with Crippen LogP contribution in [0, 0.1) is 0 Å². The molecule has 1 amide bonds. The van der Waals surface area contributed by atoms with Gasteiger partial charge in [-0.05, 0) is 34.4 Å². The van der Waals surface area contributed by atoms with E-state index in [0.29, 0.717) is 0 Å². The number of benzene rings is 3. The molecular formula is C19H15NO. The maximum atomic E-state index is 12.2. The van der Waals surface area contributed by atoms with Crippen LogP contribution in [0.3, 0.4) is 0 Å². The van der Waals surface area contributed by atoms with Gasteiger partial charge in [-0.2, -0.15) is 0 Å². The molecule has 0 aliphatic carbocycles. The molecule has 1 unspecified atom stereocenters. The Bertz CT molecular complexity index is 838. The van der Waals surface area contributed by atoms with E-state index >= 15 is 0 Å². The number of rotatable bonds is 2. The van der Waals surface area contributed by atoms with E-state index in [2.05, 4.69) is 35.6 Å². The summed E-state index contributed by atoms with van der Waals surface area (Å²) < 4.78 is 0. The fourth-order valence-corrected chi connectivity index (χ4v) is 3.08. The maximum absolute atomic E-state index is 12.2. The summed E-state index contributed by atoms with van der Waals surface area (Å²) in [4.78, 5) is 12.2. The van der Waals surface area contributed by atoms with E-state index in [1.165, 1.54) is 16.3 Å². The van der Waals surface area contributed by atoms with Crippen LogP contribution in [-0.4, -0.2) is 5.91 Å². The molecule has 0 aromatic heterocycles. The van der Waals surface area contributed by atoms with Gasteiger partial charge in [-0.1, -0.05) is 60.7 Å². The predicted molar refractivity (Wildman–Crippen MR) is 85.5 cm³/mol. The standard InChI is InChI=1S/C19H15NO/c21-19-17(16-7-3-4-8-18(16)20-19)12-13-9-10-14-5-1-2-6-15(14)11-13/h1-11,17H,12H2,(H,20,21). The lowest BCUT2D eigenvalue weighted by Crippen LogP contribution is -2.14. The van der Waals surface area contributed by atoms with E-state index in [1.807, 2.05) is 36.4 Å². The summed E-state index contributed by atoms with van der Waals surface area (Å²) in [6.07, 6.45) is 0.744. The van der Waals surface area contributed by atoms with E-state index in [1.54, 1.807) is 0 Å². The van der Waals surface area contributed by atoms with Gasteiger partial charge in [0, 0.05) is 5.69 Å². The summed E-state index contributed by atoms with van der Waals surface area (Å²) in [7, 11) is 0. The Kier molecular flexibility index (Phi) is 2.74. The van der Waals surface area contributed by atoms with Crippen LogP contribution >= 0.6 is 0 Å². The molecule has 4 rings (SSSR count). The van der Waals surface area contributed by atoms with Crippen molar-refractivity contribution in [1.29, 1.82) is 0 Å². The number of hydrogen-bond donors (Lipinski definition) is 1. The van der Waals surface area contributed by atoms with Crippen molar-refractivity contribution in [2.24, 2.45) is 0 Å². The monoisotopic (exact) mass is 273 g/mol. The maximum Gasteiger partial charge on any atom is 0.232 e. The average molecular weight is 273 g/mol. The quantitative estimate of drug-likeness (QED) is 0.747. The van der Waals surface area contributed by atoms with Crippen LogP contribution in [0.15, 0.2) is 66.7 Å². The van der Waals surface area contributed by atoms with Crippen LogP contribution in [0.5, 0.6) is 0 Å². The van der Waals surface area contributed by atoms with Gasteiger partial charge in [0.15, 0.2) is 0 Å². The van der Waals surface area contributed by atoms with Crippen molar-refractivity contribution in [2.45, 2.75) is 12.3 Å². The van der Waals surface area contributed by atoms with Crippen LogP contribution in [-0.2, 0) is 11.2 Å². The molecule has 0 bridgehead atoms. The molecule has 0 saturated heterocycles. The SMILES string of the molecule is O=C1Nc2ccccc2C1Cc1ccc2ccccc2c1. The Morgan fingerprint density at radius 2 is 1.62 bits per heavy atom. The lowest BCUT2D eigenvalue weighted by Gasteiger charge is -2.09. The third-order valence-corrected chi connectivity index (χ3v) is 4.16. The van der Waals surface area contributed by atoms with Crippen molar-refractivity contribution in [3.63, 3.8) is 0 Å². The second kappa shape index (κ2) is 4.74. The van der Waals surface area contributed by atoms with Gasteiger partial charge in [-0.3, -0.25) is 4.79 Å². The van der Waals surface area contributed by atoms with Gasteiger partial charge in [0.2, 0.25) is 5.91 Å². The smallest absolute Gasteiger partial charge is 0.232 e. The van der Waals surface area contributed by atoms with Crippen molar-refractivity contribution in [1.82, 2.24) is 0 Å². The van der Waals surface area contributed by atoms with Crippen LogP contribution in [0.4, 0.5) is 5.69 Å². The Hall–Kier alpha value is -2.61. The van der Waals surface area contributed by atoms with Crippen molar-refractivity contribution >= 4 is 22.4 Å². The Morgan fingerprint density at radius 3 is 2.52 bits per heavy atom. The molecule has 2 nitrogen and oxygen atoms in total. The van der Waals surface area contributed by atoms with E-state index in [0.717, 1.165) is 17.7 Å². The van der Waals surface area contributed by atoms with Gasteiger partial charge in [0.25, 0.3) is 0 Å². The minimum absolute atomic E-state index is 0.0811. The molecule has 1 N–H and O–H groups in total. The van der Waals surface area contributed by atoms with Gasteiger partial charge in [0.05, 0.1) is 5.92 Å². The predicted octanol–water partition coefficient (Wildman–Crippen LogP) is 4.12. The molecule has 102 valence electrons. The van der Waals surface area contributed by atoms with Gasteiger partial charge >= 0.3 is 0 Å². The molecule has 3 aromatic carbocycles. The van der Waals surface area contributed by atoms with E-state index in [4.69, 9.17) is 0 Å². The second-order valence-electron chi connectivity index (χ2n) is 5.51. The van der Waals surface area contributed by atoms with Crippen LogP contribution in [0.1, 0.15) is 17.0 Å². The highest BCUT2D eigenvalue weighted by Crippen LogP contribution is 2.34. The van der Waals surface area contributed by atoms with Crippen LogP contribution in [0.25, 0.3) is 10.8 Å². The molecule has 2 heteroatoms. The summed E-state index contributed by atoms with van der Waals surface area (Å²) in [6.45, 7) is 0. The second-order valence-corrected chi connectivity index (χ2v) is 5.51. The fraction of sp³-hybridized carbons (Fsp3) is 0.105. The summed E-state index contributed by atoms with van der Waals surface area (Å²) in [5.41, 5.74) is 3.26. The Morgan fingerprint density at radius 1 is 0.857 bits per heavy atom. The van der Waals surface area contributed by atoms with Crippen molar-refractivity contribution in [3.8, 4) is 0 Å². The largest absolute Gasteiger partial charge is 0.325 e. The molecular weight excluding hydrogens is 258 g/mol. The molecule has 0 spiro atoms. The van der Waals surface area contributed by atoms with Gasteiger partial charge in [-0.15, -0.1) is 0 Å². The number of carbonyl (C=O) groups excluding carboxylic acids is 1. The molecule has 21 heavy (non-hydrogen) atoms. The normalized spacial score (nSPS) is 16.8. The third-order valence-electron chi connectivity index (χ3n) is 4.16. The first-order valence-corrected chi connectivity index (χ1v) is 7.19. The lowest BCUT2D eigenvalue weighted by molar-refractivity contribution is -0.117. The van der Waals surface area contributed by atoms with Gasteiger partial charge in [-0.25, -0.2) is 0 Å². The first-order chi connectivity index (χ1) is 10.3. The number of anilines is 1. The molecule has 3 aromatic rings. The van der Waals surface area contributed by atoms with Crippen LogP contribution in [0.2, 0.25) is 0 Å². The Labute approximate surface area is 123 Å². The lowest BCUT2D eigenvalue weighted by atomic mass is 9.92. The highest BCUT2D eigenvalue weighted by Gasteiger charge is 2.29. The molecule has 1 aliphatic heterocycles. The zero-order chi connectivity index (χ0) is 14.2. The van der Waals surface area contributed by atoms with Gasteiger partial charge in [0.1, 0.15) is 0 Å². The third kappa shape index (κ3) is 2.09. The fourth-order valence-electron chi connectivity index (χ4n) is 3.08. The highest BCUT2D eigenvalue weighted by atomic mass is 16.2. The highest BCUT2D eigenvalue weighted by molar-refractivity contribution is 6.03. The number of para-hydroxylation sites is 1. The van der Waals surface area contributed by atoms with Crippen LogP contribution < -0.4 is 5.32 Å². The van der Waals surface area contributed by atoms with E-state index < -0.39 is 0 Å². The number of amides is 1. The molecule has 1 aliphatic rings. The number of fused-ring (bicyclic) bond motifs is 2. The topological polar surface area (TPSA) is 29.1 Å². The molecule has 0 fully saturated rings. The first-order valence-electron chi connectivity index (χ1n) is 7.19. The summed E-state index contributed by atoms with van der Waals surface area (Å²) in [5, 5.41) is 5.42. The molecule has 1 heterocycles. The minimum Gasteiger partial charge on any atom is -0.325 e. The Balaban J connectivity index is 1.70. The minimum atomic E-state index is -0.0811. The number of nitrogens with one attached hydrogen (secondary N) is 1. The summed E-state index contributed by atoms with van der Waals surface area (Å²) >= 11 is 0. The number of carbonyl (C=O) groups is 1. The summed E-state index contributed by atoms with van der Waals surface area (Å²) in [6, 6.07) is 22.7. The van der Waals surface area contributed by atoms with Crippen molar-refractivity contribution in [2.75, 3.05) is 5.32 Å². The zero-order valence-electron chi connectivity index (χ0n) is 11.5. The first kappa shape index (κ1) is 12.2. The van der Waals surface area contributed by atoms with Crippen molar-refractivity contribution in [3.05, 3.63) is 77.9 Å². The van der Waals surface area contributed by atoms with E-state index in [9.17, 15) is 4.79 Å². The number of hydrogen-bond acceptors (Lipinski definition) is 1. The van der Waals surface area contributed by atoms with Gasteiger partial charge < -0.3 is 5.32 Å². The molecule has 1 atom stereocenters. The molecule has 0 saturated carbocycles. The molecule has 0 radical (unpaired) electrons.